The van der Waals surface area contributed by atoms with Gasteiger partial charge in [0, 0.05) is 11.5 Å². The van der Waals surface area contributed by atoms with E-state index in [-0.39, 0.29) is 17.6 Å². The first-order valence-corrected chi connectivity index (χ1v) is 7.40. The molecule has 0 radical (unpaired) electrons. The van der Waals surface area contributed by atoms with Crippen molar-refractivity contribution in [2.24, 2.45) is 5.92 Å². The number of aromatic hydroxyl groups is 1. The van der Waals surface area contributed by atoms with Crippen LogP contribution in [0.1, 0.15) is 18.1 Å². The monoisotopic (exact) mass is 314 g/mol. The second-order valence-electron chi connectivity index (χ2n) is 5.08. The lowest BCUT2D eigenvalue weighted by Gasteiger charge is -2.14. The van der Waals surface area contributed by atoms with Gasteiger partial charge in [0.2, 0.25) is 5.91 Å². The van der Waals surface area contributed by atoms with E-state index in [1.165, 1.54) is 0 Å². The molecule has 0 aliphatic carbocycles. The Bertz CT molecular complexity index is 641. The van der Waals surface area contributed by atoms with Gasteiger partial charge in [-0.1, -0.05) is 61.6 Å². The van der Waals surface area contributed by atoms with Crippen LogP contribution in [0.3, 0.4) is 0 Å². The maximum Gasteiger partial charge on any atom is 0.241 e. The van der Waals surface area contributed by atoms with Gasteiger partial charge in [0.25, 0.3) is 0 Å². The minimum atomic E-state index is -0.212. The average Bonchev–Trinajstić information content (AvgIpc) is 2.55. The van der Waals surface area contributed by atoms with Crippen molar-refractivity contribution >= 4 is 23.1 Å². The lowest BCUT2D eigenvalue weighted by atomic mass is 10.0. The second-order valence-corrected chi connectivity index (χ2v) is 5.49. The number of benzene rings is 2. The molecule has 0 saturated carbocycles. The molecule has 0 fully saturated rings. The van der Waals surface area contributed by atoms with E-state index in [1.54, 1.807) is 24.3 Å². The van der Waals surface area contributed by atoms with Crippen LogP contribution in [0.25, 0.3) is 0 Å². The highest BCUT2D eigenvalue weighted by Gasteiger charge is 2.14. The van der Waals surface area contributed by atoms with Crippen LogP contribution in [-0.4, -0.2) is 16.0 Å². The topological polar surface area (TPSA) is 61.4 Å². The normalized spacial score (nSPS) is 11.5. The Morgan fingerprint density at radius 3 is 2.36 bits per heavy atom. The summed E-state index contributed by atoms with van der Waals surface area (Å²) in [7, 11) is 0. The zero-order chi connectivity index (χ0) is 15.9. The largest absolute Gasteiger partial charge is 0.508 e. The zero-order valence-corrected chi connectivity index (χ0v) is 13.1. The summed E-state index contributed by atoms with van der Waals surface area (Å²) in [5.74, 6) is -0.127. The number of hydrogen-bond acceptors (Lipinski definition) is 3. The van der Waals surface area contributed by atoms with Gasteiger partial charge in [-0.25, -0.2) is 0 Å². The van der Waals surface area contributed by atoms with Crippen LogP contribution in [0.4, 0.5) is 0 Å². The maximum absolute atomic E-state index is 12.1. The average molecular weight is 314 g/mol. The van der Waals surface area contributed by atoms with E-state index in [1.807, 2.05) is 37.3 Å². The number of rotatable bonds is 4. The van der Waals surface area contributed by atoms with Crippen molar-refractivity contribution in [3.63, 3.8) is 0 Å². The van der Waals surface area contributed by atoms with E-state index >= 15 is 0 Å². The van der Waals surface area contributed by atoms with Crippen LogP contribution in [0, 0.1) is 5.92 Å². The van der Waals surface area contributed by atoms with Gasteiger partial charge >= 0.3 is 0 Å². The molecular formula is C17H18N2O2S. The maximum atomic E-state index is 12.1. The van der Waals surface area contributed by atoms with Crippen molar-refractivity contribution in [1.29, 1.82) is 0 Å². The van der Waals surface area contributed by atoms with Crippen LogP contribution in [-0.2, 0) is 11.2 Å². The van der Waals surface area contributed by atoms with Crippen LogP contribution in [0.15, 0.2) is 54.6 Å². The fraction of sp³-hybridized carbons (Fsp3) is 0.176. The molecule has 3 N–H and O–H groups in total. The molecule has 5 heteroatoms. The Balaban J connectivity index is 1.84. The van der Waals surface area contributed by atoms with Gasteiger partial charge < -0.3 is 5.11 Å². The van der Waals surface area contributed by atoms with E-state index in [4.69, 9.17) is 12.2 Å². The van der Waals surface area contributed by atoms with E-state index in [2.05, 4.69) is 10.9 Å². The van der Waals surface area contributed by atoms with Gasteiger partial charge in [0.05, 0.1) is 0 Å². The summed E-state index contributed by atoms with van der Waals surface area (Å²) in [5, 5.41) is 9.25. The first kappa shape index (κ1) is 16.0. The Kier molecular flexibility index (Phi) is 5.49. The fourth-order valence-corrected chi connectivity index (χ4v) is 2.17. The number of hydrogen-bond donors (Lipinski definition) is 3. The molecule has 1 atom stereocenters. The number of thiocarbonyl (C=S) groups is 1. The van der Waals surface area contributed by atoms with Crippen molar-refractivity contribution in [2.75, 3.05) is 0 Å². The van der Waals surface area contributed by atoms with Gasteiger partial charge in [-0.15, -0.1) is 0 Å². The fourth-order valence-electron chi connectivity index (χ4n) is 1.98. The molecule has 1 unspecified atom stereocenters. The molecule has 0 saturated heterocycles. The number of phenolic OH excluding ortho intramolecular Hbond substituents is 1. The number of amides is 1. The molecule has 0 aliphatic heterocycles. The Morgan fingerprint density at radius 2 is 1.73 bits per heavy atom. The summed E-state index contributed by atoms with van der Waals surface area (Å²) < 4.78 is 0. The van der Waals surface area contributed by atoms with E-state index < -0.39 is 0 Å². The molecule has 0 bridgehead atoms. The SMILES string of the molecule is CC(Cc1ccc(O)cc1)C(=O)NNC(=S)c1ccccc1. The van der Waals surface area contributed by atoms with E-state index in [9.17, 15) is 9.90 Å². The molecule has 0 spiro atoms. The molecule has 4 nitrogen and oxygen atoms in total. The van der Waals surface area contributed by atoms with Gasteiger partial charge in [-0.3, -0.25) is 15.6 Å². The van der Waals surface area contributed by atoms with E-state index in [0.29, 0.717) is 11.4 Å². The van der Waals surface area contributed by atoms with Crippen LogP contribution in [0.2, 0.25) is 0 Å². The minimum absolute atomic E-state index is 0.133. The molecular weight excluding hydrogens is 296 g/mol. The summed E-state index contributed by atoms with van der Waals surface area (Å²) in [6.45, 7) is 1.84. The standard InChI is InChI=1S/C17H18N2O2S/c1-12(11-13-7-9-15(20)10-8-13)16(21)18-19-17(22)14-5-3-2-4-6-14/h2-10,12,20H,11H2,1H3,(H,18,21)(H,19,22). The van der Waals surface area contributed by atoms with Crippen molar-refractivity contribution in [3.8, 4) is 5.75 Å². The third kappa shape index (κ3) is 4.56. The molecule has 2 aromatic rings. The molecule has 1 amide bonds. The summed E-state index contributed by atoms with van der Waals surface area (Å²) in [6, 6.07) is 16.3. The predicted octanol–water partition coefficient (Wildman–Crippen LogP) is 2.57. The highest BCUT2D eigenvalue weighted by Crippen LogP contribution is 2.13. The molecule has 0 aromatic heterocycles. The van der Waals surface area contributed by atoms with Crippen LogP contribution >= 0.6 is 12.2 Å². The number of hydrazine groups is 1. The van der Waals surface area contributed by atoms with Gasteiger partial charge in [0.15, 0.2) is 0 Å². The summed E-state index contributed by atoms with van der Waals surface area (Å²) in [4.78, 5) is 12.5. The molecule has 2 aromatic carbocycles. The first-order valence-electron chi connectivity index (χ1n) is 6.99. The second kappa shape index (κ2) is 7.56. The van der Waals surface area contributed by atoms with Crippen molar-refractivity contribution < 1.29 is 9.90 Å². The predicted molar refractivity (Wildman–Crippen MR) is 90.4 cm³/mol. The van der Waals surface area contributed by atoms with Gasteiger partial charge in [0.1, 0.15) is 10.7 Å². The Labute approximate surface area is 135 Å². The third-order valence-corrected chi connectivity index (χ3v) is 3.60. The van der Waals surface area contributed by atoms with Gasteiger partial charge in [-0.05, 0) is 24.1 Å². The lowest BCUT2D eigenvalue weighted by Crippen LogP contribution is -2.44. The number of nitrogens with one attached hydrogen (secondary N) is 2. The highest BCUT2D eigenvalue weighted by atomic mass is 32.1. The van der Waals surface area contributed by atoms with Crippen LogP contribution < -0.4 is 10.9 Å². The quantitative estimate of drug-likeness (QED) is 0.599. The summed E-state index contributed by atoms with van der Waals surface area (Å²) in [5.41, 5.74) is 7.24. The van der Waals surface area contributed by atoms with E-state index in [0.717, 1.165) is 11.1 Å². The zero-order valence-electron chi connectivity index (χ0n) is 12.2. The molecule has 0 aliphatic rings. The molecule has 2 rings (SSSR count). The molecule has 114 valence electrons. The smallest absolute Gasteiger partial charge is 0.241 e. The lowest BCUT2D eigenvalue weighted by molar-refractivity contribution is -0.125. The van der Waals surface area contributed by atoms with Gasteiger partial charge in [-0.2, -0.15) is 0 Å². The van der Waals surface area contributed by atoms with Crippen molar-refractivity contribution in [3.05, 3.63) is 65.7 Å². The number of phenols is 1. The van der Waals surface area contributed by atoms with Crippen LogP contribution in [0.5, 0.6) is 5.75 Å². The van der Waals surface area contributed by atoms with Crippen molar-refractivity contribution in [2.45, 2.75) is 13.3 Å². The Morgan fingerprint density at radius 1 is 1.09 bits per heavy atom. The molecule has 22 heavy (non-hydrogen) atoms. The highest BCUT2D eigenvalue weighted by molar-refractivity contribution is 7.80. The summed E-state index contributed by atoms with van der Waals surface area (Å²) >= 11 is 5.22. The summed E-state index contributed by atoms with van der Waals surface area (Å²) in [6.07, 6.45) is 0.589. The number of carbonyl (C=O) groups is 1. The minimum Gasteiger partial charge on any atom is -0.508 e. The molecule has 0 heterocycles. The van der Waals surface area contributed by atoms with Crippen molar-refractivity contribution in [1.82, 2.24) is 10.9 Å². The Hall–Kier alpha value is -2.40. The number of carbonyl (C=O) groups excluding carboxylic acids is 1. The first-order chi connectivity index (χ1) is 10.6. The third-order valence-electron chi connectivity index (χ3n) is 3.26.